The minimum Gasteiger partial charge on any atom is -0.456 e. The van der Waals surface area contributed by atoms with Gasteiger partial charge in [-0.05, 0) is 92.7 Å². The van der Waals surface area contributed by atoms with Crippen LogP contribution >= 0.6 is 0 Å². The van der Waals surface area contributed by atoms with Crippen molar-refractivity contribution in [2.45, 2.75) is 13.3 Å². The first-order valence-corrected chi connectivity index (χ1v) is 19.9. The summed E-state index contributed by atoms with van der Waals surface area (Å²) in [4.78, 5) is 15.8. The number of furan rings is 1. The lowest BCUT2D eigenvalue weighted by Crippen LogP contribution is -2.03. The third kappa shape index (κ3) is 6.91. The summed E-state index contributed by atoms with van der Waals surface area (Å²) < 4.78 is 6.61. The average Bonchev–Trinajstić information content (AvgIpc) is 3.67. The molecule has 10 rings (SSSR count). The highest BCUT2D eigenvalue weighted by Crippen LogP contribution is 2.42. The molecule has 0 saturated carbocycles. The number of para-hydroxylation sites is 1. The van der Waals surface area contributed by atoms with Crippen molar-refractivity contribution in [3.8, 4) is 33.9 Å². The molecule has 2 aromatic heterocycles. The van der Waals surface area contributed by atoms with Gasteiger partial charge in [-0.1, -0.05) is 176 Å². The van der Waals surface area contributed by atoms with E-state index in [0.717, 1.165) is 77.7 Å². The predicted molar refractivity (Wildman–Crippen MR) is 248 cm³/mol. The molecule has 0 N–H and O–H groups in total. The van der Waals surface area contributed by atoms with Crippen LogP contribution in [0.1, 0.15) is 19.2 Å². The van der Waals surface area contributed by atoms with Crippen molar-refractivity contribution in [2.24, 2.45) is 0 Å². The highest BCUT2D eigenvalue weighted by atomic mass is 16.3. The van der Waals surface area contributed by atoms with Crippen molar-refractivity contribution >= 4 is 59.8 Å². The molecule has 59 heavy (non-hydrogen) atoms. The van der Waals surface area contributed by atoms with Crippen molar-refractivity contribution in [3.05, 3.63) is 218 Å². The van der Waals surface area contributed by atoms with Gasteiger partial charge in [-0.2, -0.15) is 0 Å². The van der Waals surface area contributed by atoms with Gasteiger partial charge in [0.15, 0.2) is 17.5 Å². The zero-order valence-corrected chi connectivity index (χ0v) is 32.6. The molecule has 0 fully saturated rings. The van der Waals surface area contributed by atoms with Crippen molar-refractivity contribution in [2.75, 3.05) is 0 Å². The molecule has 0 spiro atoms. The highest BCUT2D eigenvalue weighted by molar-refractivity contribution is 6.15. The van der Waals surface area contributed by atoms with Crippen molar-refractivity contribution < 1.29 is 4.42 Å². The Morgan fingerprint density at radius 2 is 1.31 bits per heavy atom. The second kappa shape index (κ2) is 15.3. The van der Waals surface area contributed by atoms with Gasteiger partial charge in [0.05, 0.1) is 0 Å². The topological polar surface area (TPSA) is 51.8 Å². The molecule has 0 unspecified atom stereocenters. The van der Waals surface area contributed by atoms with E-state index < -0.39 is 0 Å². The number of fused-ring (bicyclic) bond motifs is 7. The Balaban J connectivity index is 1.17. The van der Waals surface area contributed by atoms with Gasteiger partial charge >= 0.3 is 0 Å². The maximum atomic E-state index is 6.61. The monoisotopic (exact) mass is 757 g/mol. The Labute approximate surface area is 342 Å². The lowest BCUT2D eigenvalue weighted by molar-refractivity contribution is 0.669. The van der Waals surface area contributed by atoms with Crippen LogP contribution in [0.5, 0.6) is 0 Å². The molecule has 4 heteroatoms. The SMILES string of the molecule is C=C(/C=C(C)/C=C\C=C/C=C1\C=CC=CC1)c1nc(-c2cc3ccccc3c3ccccc23)nc(-c2cc(-c3cccc4ccccc34)cc3oc4ccccc4c23)n1. The fraction of sp³-hybridized carbons (Fsp3) is 0.0364. The molecule has 1 aliphatic rings. The van der Waals surface area contributed by atoms with Crippen LogP contribution in [0.4, 0.5) is 0 Å². The Morgan fingerprint density at radius 3 is 2.14 bits per heavy atom. The Kier molecular flexibility index (Phi) is 9.28. The lowest BCUT2D eigenvalue weighted by Gasteiger charge is -2.14. The first-order valence-electron chi connectivity index (χ1n) is 19.9. The fourth-order valence-corrected chi connectivity index (χ4v) is 8.15. The minimum atomic E-state index is 0.504. The van der Waals surface area contributed by atoms with E-state index in [2.05, 4.69) is 171 Å². The van der Waals surface area contributed by atoms with Crippen molar-refractivity contribution in [3.63, 3.8) is 0 Å². The fourth-order valence-electron chi connectivity index (χ4n) is 8.15. The summed E-state index contributed by atoms with van der Waals surface area (Å²) in [5.74, 6) is 1.63. The van der Waals surface area contributed by atoms with Crippen LogP contribution in [0, 0.1) is 0 Å². The maximum Gasteiger partial charge on any atom is 0.164 e. The molecule has 4 nitrogen and oxygen atoms in total. The van der Waals surface area contributed by atoms with E-state index in [0.29, 0.717) is 23.0 Å². The van der Waals surface area contributed by atoms with E-state index in [1.54, 1.807) is 0 Å². The standard InChI is InChI=1S/C55H39N3O/c1-36(18-5-3-6-19-38-20-7-4-8-21-38)32-37(2)53-56-54(48-33-40-23-10-12-26-43(40)45-27-13-14-28-46(45)48)58-55(57-53)49-34-41(44-30-17-24-39-22-9-11-25-42(39)44)35-51-52(49)47-29-15-16-31-50(47)59-51/h3-20,22-35H,2,21H2,1H3/b6-3-,18-5-,36-32+,38-19+. The molecule has 0 atom stereocenters. The molecule has 1 aliphatic carbocycles. The molecule has 7 aromatic carbocycles. The smallest absolute Gasteiger partial charge is 0.164 e. The summed E-state index contributed by atoms with van der Waals surface area (Å²) in [6.07, 6.45) is 21.8. The Bertz CT molecular complexity index is 3330. The van der Waals surface area contributed by atoms with Gasteiger partial charge in [-0.15, -0.1) is 0 Å². The number of benzene rings is 7. The molecule has 0 radical (unpaired) electrons. The van der Waals surface area contributed by atoms with Crippen LogP contribution in [0.3, 0.4) is 0 Å². The zero-order valence-electron chi connectivity index (χ0n) is 32.6. The van der Waals surface area contributed by atoms with E-state index in [1.165, 1.54) is 16.3 Å². The molecule has 0 aliphatic heterocycles. The van der Waals surface area contributed by atoms with Crippen LogP contribution in [-0.2, 0) is 0 Å². The molecular formula is C55H39N3O. The van der Waals surface area contributed by atoms with Gasteiger partial charge in [0.25, 0.3) is 0 Å². The summed E-state index contributed by atoms with van der Waals surface area (Å²) in [5, 5.41) is 8.80. The van der Waals surface area contributed by atoms with Crippen LogP contribution < -0.4 is 0 Å². The largest absolute Gasteiger partial charge is 0.456 e. The van der Waals surface area contributed by atoms with Gasteiger partial charge in [-0.25, -0.2) is 15.0 Å². The van der Waals surface area contributed by atoms with E-state index in [1.807, 2.05) is 36.4 Å². The predicted octanol–water partition coefficient (Wildman–Crippen LogP) is 14.7. The third-order valence-corrected chi connectivity index (χ3v) is 11.0. The summed E-state index contributed by atoms with van der Waals surface area (Å²) in [5.41, 5.74) is 8.48. The highest BCUT2D eigenvalue weighted by Gasteiger charge is 2.21. The summed E-state index contributed by atoms with van der Waals surface area (Å²) in [7, 11) is 0. The molecule has 9 aromatic rings. The number of hydrogen-bond acceptors (Lipinski definition) is 4. The van der Waals surface area contributed by atoms with Crippen LogP contribution in [0.15, 0.2) is 216 Å². The number of allylic oxidation sites excluding steroid dienone is 13. The minimum absolute atomic E-state index is 0.504. The van der Waals surface area contributed by atoms with Gasteiger partial charge < -0.3 is 4.42 Å². The number of aromatic nitrogens is 3. The van der Waals surface area contributed by atoms with E-state index in [9.17, 15) is 0 Å². The average molecular weight is 758 g/mol. The van der Waals surface area contributed by atoms with Gasteiger partial charge in [-0.3, -0.25) is 0 Å². The Morgan fingerprint density at radius 1 is 0.593 bits per heavy atom. The molecule has 2 heterocycles. The van der Waals surface area contributed by atoms with E-state index >= 15 is 0 Å². The first kappa shape index (κ1) is 35.7. The summed E-state index contributed by atoms with van der Waals surface area (Å²) >= 11 is 0. The van der Waals surface area contributed by atoms with Crippen LogP contribution in [-0.4, -0.2) is 15.0 Å². The zero-order chi connectivity index (χ0) is 39.7. The van der Waals surface area contributed by atoms with E-state index in [4.69, 9.17) is 19.4 Å². The molecule has 280 valence electrons. The van der Waals surface area contributed by atoms with Gasteiger partial charge in [0, 0.05) is 27.5 Å². The molecule has 0 bridgehead atoms. The number of hydrogen-bond donors (Lipinski definition) is 0. The summed E-state index contributed by atoms with van der Waals surface area (Å²) in [6, 6.07) is 46.6. The van der Waals surface area contributed by atoms with Gasteiger partial charge in [0.1, 0.15) is 11.2 Å². The first-order chi connectivity index (χ1) is 29.1. The summed E-state index contributed by atoms with van der Waals surface area (Å²) in [6.45, 7) is 6.60. The van der Waals surface area contributed by atoms with Crippen molar-refractivity contribution in [1.29, 1.82) is 0 Å². The second-order valence-corrected chi connectivity index (χ2v) is 14.9. The van der Waals surface area contributed by atoms with Crippen molar-refractivity contribution in [1.82, 2.24) is 15.0 Å². The molecular weight excluding hydrogens is 719 g/mol. The molecule has 0 amide bonds. The third-order valence-electron chi connectivity index (χ3n) is 11.0. The van der Waals surface area contributed by atoms with Crippen LogP contribution in [0.2, 0.25) is 0 Å². The normalized spacial score (nSPS) is 14.1. The van der Waals surface area contributed by atoms with E-state index in [-0.39, 0.29) is 0 Å². The lowest BCUT2D eigenvalue weighted by atomic mass is 9.94. The van der Waals surface area contributed by atoms with Crippen LogP contribution in [0.25, 0.3) is 93.7 Å². The maximum absolute atomic E-state index is 6.61. The molecule has 0 saturated heterocycles. The quantitative estimate of drug-likeness (QED) is 0.114. The Hall–Kier alpha value is -7.69. The number of nitrogens with zero attached hydrogens (tertiary/aromatic N) is 3. The second-order valence-electron chi connectivity index (χ2n) is 14.9. The van der Waals surface area contributed by atoms with Gasteiger partial charge in [0.2, 0.25) is 0 Å². The number of rotatable bonds is 8.